The third-order valence-corrected chi connectivity index (χ3v) is 4.39. The van der Waals surface area contributed by atoms with Gasteiger partial charge in [-0.05, 0) is 18.6 Å². The first kappa shape index (κ1) is 15.3. The van der Waals surface area contributed by atoms with E-state index in [1.807, 2.05) is 27.0 Å². The van der Waals surface area contributed by atoms with E-state index < -0.39 is 0 Å². The Morgan fingerprint density at radius 2 is 1.94 bits per heavy atom. The highest BCUT2D eigenvalue weighted by molar-refractivity contribution is 7.99. The summed E-state index contributed by atoms with van der Waals surface area (Å²) in [6.07, 6.45) is 2.70. The van der Waals surface area contributed by atoms with Gasteiger partial charge in [0.1, 0.15) is 12.1 Å². The van der Waals surface area contributed by atoms with Crippen LogP contribution < -0.4 is 5.32 Å². The van der Waals surface area contributed by atoms with E-state index in [-0.39, 0.29) is 29.8 Å². The summed E-state index contributed by atoms with van der Waals surface area (Å²) < 4.78 is 0. The summed E-state index contributed by atoms with van der Waals surface area (Å²) in [6, 6.07) is -0.670. The average Bonchev–Trinajstić information content (AvgIpc) is 2.33. The first-order valence-corrected chi connectivity index (χ1v) is 7.84. The second-order valence-electron chi connectivity index (χ2n) is 5.19. The van der Waals surface area contributed by atoms with Crippen LogP contribution in [0, 0.1) is 5.92 Å². The number of nitrogens with one attached hydrogen (secondary N) is 1. The summed E-state index contributed by atoms with van der Waals surface area (Å²) in [5, 5.41) is 3.20. The Morgan fingerprint density at radius 3 is 2.39 bits per heavy atom. The number of nitrogens with zero attached hydrogens (tertiary/aromatic N) is 1. The molecule has 104 valence electrons. The molecular weight excluding hydrogens is 248 g/mol. The zero-order valence-electron chi connectivity index (χ0n) is 11.9. The van der Waals surface area contributed by atoms with Crippen LogP contribution in [-0.2, 0) is 9.59 Å². The smallest absolute Gasteiger partial charge is 0.246 e. The number of carbonyl (C=O) groups excluding carboxylic acids is 2. The monoisotopic (exact) mass is 272 g/mol. The molecule has 0 aromatic rings. The van der Waals surface area contributed by atoms with Gasteiger partial charge in [-0.2, -0.15) is 11.8 Å². The Kier molecular flexibility index (Phi) is 5.50. The molecule has 1 aliphatic heterocycles. The Bertz CT molecular complexity index is 320. The zero-order chi connectivity index (χ0) is 13.9. The zero-order valence-corrected chi connectivity index (χ0v) is 12.7. The van der Waals surface area contributed by atoms with Crippen LogP contribution in [0.1, 0.15) is 34.1 Å². The molecule has 0 spiro atoms. The van der Waals surface area contributed by atoms with E-state index in [1.165, 1.54) is 0 Å². The minimum atomic E-state index is -0.366. The molecule has 1 aliphatic rings. The molecule has 5 heteroatoms. The van der Waals surface area contributed by atoms with E-state index in [0.29, 0.717) is 18.2 Å². The Morgan fingerprint density at radius 1 is 1.33 bits per heavy atom. The number of hydrogen-bond donors (Lipinski definition) is 1. The molecule has 1 saturated heterocycles. The fourth-order valence-electron chi connectivity index (χ4n) is 2.21. The van der Waals surface area contributed by atoms with Gasteiger partial charge in [0.25, 0.3) is 0 Å². The summed E-state index contributed by atoms with van der Waals surface area (Å²) in [6.45, 7) is 8.61. The fourth-order valence-corrected chi connectivity index (χ4v) is 2.52. The van der Waals surface area contributed by atoms with Gasteiger partial charge < -0.3 is 10.2 Å². The van der Waals surface area contributed by atoms with Crippen LogP contribution in [0.4, 0.5) is 0 Å². The van der Waals surface area contributed by atoms with Crippen molar-refractivity contribution < 1.29 is 9.59 Å². The maximum absolute atomic E-state index is 12.4. The van der Waals surface area contributed by atoms with Crippen LogP contribution >= 0.6 is 11.8 Å². The molecular formula is C13H24N2O2S. The van der Waals surface area contributed by atoms with E-state index in [1.54, 1.807) is 16.7 Å². The molecule has 0 aromatic carbocycles. The van der Waals surface area contributed by atoms with Gasteiger partial charge in [-0.15, -0.1) is 0 Å². The van der Waals surface area contributed by atoms with Crippen molar-refractivity contribution in [3.05, 3.63) is 0 Å². The van der Waals surface area contributed by atoms with E-state index in [9.17, 15) is 9.59 Å². The highest BCUT2D eigenvalue weighted by atomic mass is 32.2. The van der Waals surface area contributed by atoms with Gasteiger partial charge in [-0.25, -0.2) is 0 Å². The summed E-state index contributed by atoms with van der Waals surface area (Å²) >= 11 is 1.72. The number of rotatable bonds is 5. The van der Waals surface area contributed by atoms with Crippen LogP contribution in [-0.4, -0.2) is 46.8 Å². The fraction of sp³-hybridized carbons (Fsp3) is 0.846. The van der Waals surface area contributed by atoms with Crippen LogP contribution in [0.15, 0.2) is 0 Å². The number of amides is 2. The lowest BCUT2D eigenvalue weighted by atomic mass is 9.97. The van der Waals surface area contributed by atoms with Crippen molar-refractivity contribution in [1.29, 1.82) is 0 Å². The maximum atomic E-state index is 12.4. The van der Waals surface area contributed by atoms with Crippen LogP contribution in [0.2, 0.25) is 0 Å². The highest BCUT2D eigenvalue weighted by Gasteiger charge is 2.40. The standard InChI is InChI=1S/C13H24N2O2S/c1-6-10-12(16)14-11(8(2)3)13(17)15(10)7-9(4)18-5/h8-11H,6-7H2,1-5H3,(H,14,16). The van der Waals surface area contributed by atoms with Gasteiger partial charge in [0, 0.05) is 11.8 Å². The van der Waals surface area contributed by atoms with Gasteiger partial charge in [0.2, 0.25) is 11.8 Å². The van der Waals surface area contributed by atoms with Crippen molar-refractivity contribution >= 4 is 23.6 Å². The molecule has 1 fully saturated rings. The quantitative estimate of drug-likeness (QED) is 0.825. The SMILES string of the molecule is CCC1C(=O)NC(C(C)C)C(=O)N1CC(C)SC. The largest absolute Gasteiger partial charge is 0.342 e. The third-order valence-electron chi connectivity index (χ3n) is 3.44. The Labute approximate surface area is 114 Å². The maximum Gasteiger partial charge on any atom is 0.246 e. The molecule has 0 bridgehead atoms. The molecule has 0 saturated carbocycles. The van der Waals surface area contributed by atoms with Crippen molar-refractivity contribution in [2.45, 2.75) is 51.4 Å². The third kappa shape index (κ3) is 3.19. The Hall–Kier alpha value is -0.710. The van der Waals surface area contributed by atoms with E-state index in [4.69, 9.17) is 0 Å². The second-order valence-corrected chi connectivity index (χ2v) is 6.47. The van der Waals surface area contributed by atoms with Crippen molar-refractivity contribution in [1.82, 2.24) is 10.2 Å². The number of carbonyl (C=O) groups is 2. The highest BCUT2D eigenvalue weighted by Crippen LogP contribution is 2.20. The van der Waals surface area contributed by atoms with Crippen molar-refractivity contribution in [3.8, 4) is 0 Å². The normalized spacial score (nSPS) is 26.4. The van der Waals surface area contributed by atoms with Gasteiger partial charge in [-0.1, -0.05) is 27.7 Å². The van der Waals surface area contributed by atoms with E-state index >= 15 is 0 Å². The summed E-state index contributed by atoms with van der Waals surface area (Å²) in [4.78, 5) is 26.3. The first-order valence-electron chi connectivity index (χ1n) is 6.56. The first-order chi connectivity index (χ1) is 8.42. The molecule has 1 N–H and O–H groups in total. The predicted octanol–water partition coefficient (Wildman–Crippen LogP) is 1.50. The molecule has 1 heterocycles. The lowest BCUT2D eigenvalue weighted by Crippen LogP contribution is -2.65. The van der Waals surface area contributed by atoms with Crippen LogP contribution in [0.5, 0.6) is 0 Å². The second kappa shape index (κ2) is 6.45. The predicted molar refractivity (Wildman–Crippen MR) is 75.5 cm³/mol. The average molecular weight is 272 g/mol. The number of hydrogen-bond acceptors (Lipinski definition) is 3. The van der Waals surface area contributed by atoms with Gasteiger partial charge in [-0.3, -0.25) is 9.59 Å². The van der Waals surface area contributed by atoms with Crippen LogP contribution in [0.25, 0.3) is 0 Å². The molecule has 4 nitrogen and oxygen atoms in total. The molecule has 0 aromatic heterocycles. The van der Waals surface area contributed by atoms with Gasteiger partial charge in [0.05, 0.1) is 0 Å². The number of thioether (sulfide) groups is 1. The lowest BCUT2D eigenvalue weighted by molar-refractivity contribution is -0.150. The molecule has 3 unspecified atom stereocenters. The molecule has 2 amide bonds. The van der Waals surface area contributed by atoms with Gasteiger partial charge >= 0.3 is 0 Å². The molecule has 18 heavy (non-hydrogen) atoms. The molecule has 3 atom stereocenters. The van der Waals surface area contributed by atoms with Gasteiger partial charge in [0.15, 0.2) is 0 Å². The number of piperazine rings is 1. The lowest BCUT2D eigenvalue weighted by Gasteiger charge is -2.41. The minimum Gasteiger partial charge on any atom is -0.342 e. The molecule has 1 rings (SSSR count). The Balaban J connectivity index is 2.91. The topological polar surface area (TPSA) is 49.4 Å². The molecule has 0 aliphatic carbocycles. The summed E-state index contributed by atoms with van der Waals surface area (Å²) in [7, 11) is 0. The van der Waals surface area contributed by atoms with Crippen molar-refractivity contribution in [2.75, 3.05) is 12.8 Å². The van der Waals surface area contributed by atoms with E-state index in [0.717, 1.165) is 0 Å². The summed E-state index contributed by atoms with van der Waals surface area (Å²) in [5.41, 5.74) is 0. The van der Waals surface area contributed by atoms with Crippen LogP contribution in [0.3, 0.4) is 0 Å². The summed E-state index contributed by atoms with van der Waals surface area (Å²) in [5.74, 6) is 0.188. The van der Waals surface area contributed by atoms with E-state index in [2.05, 4.69) is 12.2 Å². The van der Waals surface area contributed by atoms with Crippen molar-refractivity contribution in [2.24, 2.45) is 5.92 Å². The molecule has 0 radical (unpaired) electrons. The minimum absolute atomic E-state index is 0.0101. The van der Waals surface area contributed by atoms with Crippen molar-refractivity contribution in [3.63, 3.8) is 0 Å².